The minimum Gasteiger partial charge on any atom is -0.460 e. The minimum atomic E-state index is -0.630. The molecule has 2 N–H and O–H groups in total. The number of benzene rings is 1. The van der Waals surface area contributed by atoms with E-state index in [1.807, 2.05) is 6.26 Å². The van der Waals surface area contributed by atoms with Crippen molar-refractivity contribution in [3.05, 3.63) is 35.6 Å². The SMILES string of the molecule is CSCC[C@H](N)C(=O)OCc1ccccc1F. The van der Waals surface area contributed by atoms with Gasteiger partial charge in [0.2, 0.25) is 0 Å². The van der Waals surface area contributed by atoms with Crippen molar-refractivity contribution in [3.63, 3.8) is 0 Å². The molecule has 94 valence electrons. The van der Waals surface area contributed by atoms with E-state index >= 15 is 0 Å². The van der Waals surface area contributed by atoms with Gasteiger partial charge in [-0.1, -0.05) is 18.2 Å². The van der Waals surface area contributed by atoms with Gasteiger partial charge in [0.05, 0.1) is 0 Å². The summed E-state index contributed by atoms with van der Waals surface area (Å²) in [6.07, 6.45) is 2.51. The Morgan fingerprint density at radius 1 is 1.53 bits per heavy atom. The van der Waals surface area contributed by atoms with Crippen molar-refractivity contribution in [2.24, 2.45) is 5.73 Å². The zero-order chi connectivity index (χ0) is 12.7. The lowest BCUT2D eigenvalue weighted by atomic mass is 10.2. The van der Waals surface area contributed by atoms with Crippen molar-refractivity contribution in [1.29, 1.82) is 0 Å². The highest BCUT2D eigenvalue weighted by atomic mass is 32.2. The van der Waals surface area contributed by atoms with Gasteiger partial charge in [-0.15, -0.1) is 0 Å². The Balaban J connectivity index is 2.40. The van der Waals surface area contributed by atoms with Crippen molar-refractivity contribution in [2.45, 2.75) is 19.1 Å². The molecule has 0 aliphatic heterocycles. The van der Waals surface area contributed by atoms with E-state index in [0.29, 0.717) is 12.0 Å². The van der Waals surface area contributed by atoms with Crippen LogP contribution in [0.4, 0.5) is 4.39 Å². The summed E-state index contributed by atoms with van der Waals surface area (Å²) in [5.41, 5.74) is 5.98. The van der Waals surface area contributed by atoms with Gasteiger partial charge in [-0.05, 0) is 24.5 Å². The van der Waals surface area contributed by atoms with E-state index in [2.05, 4.69) is 0 Å². The van der Waals surface area contributed by atoms with E-state index in [1.165, 1.54) is 6.07 Å². The van der Waals surface area contributed by atoms with Crippen molar-refractivity contribution < 1.29 is 13.9 Å². The van der Waals surface area contributed by atoms with Gasteiger partial charge in [-0.3, -0.25) is 4.79 Å². The molecule has 0 aromatic heterocycles. The summed E-state index contributed by atoms with van der Waals surface area (Å²) in [5, 5.41) is 0. The smallest absolute Gasteiger partial charge is 0.323 e. The quantitative estimate of drug-likeness (QED) is 0.791. The molecule has 0 bridgehead atoms. The van der Waals surface area contributed by atoms with Crippen LogP contribution < -0.4 is 5.73 Å². The number of thioether (sulfide) groups is 1. The summed E-state index contributed by atoms with van der Waals surface area (Å²) in [4.78, 5) is 11.5. The maximum atomic E-state index is 13.2. The summed E-state index contributed by atoms with van der Waals surface area (Å²) in [6.45, 7) is -0.0710. The van der Waals surface area contributed by atoms with Gasteiger partial charge in [0.15, 0.2) is 0 Å². The molecule has 1 rings (SSSR count). The molecule has 0 saturated carbocycles. The monoisotopic (exact) mass is 257 g/mol. The van der Waals surface area contributed by atoms with Crippen LogP contribution in [0.3, 0.4) is 0 Å². The number of halogens is 1. The number of carbonyl (C=O) groups is 1. The largest absolute Gasteiger partial charge is 0.460 e. The summed E-state index contributed by atoms with van der Waals surface area (Å²) in [6, 6.07) is 5.56. The molecule has 0 fully saturated rings. The molecule has 0 amide bonds. The first-order chi connectivity index (χ1) is 8.15. The number of hydrogen-bond acceptors (Lipinski definition) is 4. The Hall–Kier alpha value is -1.07. The second-order valence-electron chi connectivity index (χ2n) is 3.59. The van der Waals surface area contributed by atoms with E-state index in [9.17, 15) is 9.18 Å². The number of nitrogens with two attached hydrogens (primary N) is 1. The molecule has 0 spiro atoms. The standard InChI is InChI=1S/C12H16FNO2S/c1-17-7-6-11(14)12(15)16-8-9-4-2-3-5-10(9)13/h2-5,11H,6-8,14H2,1H3/t11-/m0/s1. The number of ether oxygens (including phenoxy) is 1. The van der Waals surface area contributed by atoms with Crippen molar-refractivity contribution in [2.75, 3.05) is 12.0 Å². The highest BCUT2D eigenvalue weighted by molar-refractivity contribution is 7.98. The van der Waals surface area contributed by atoms with Crippen molar-refractivity contribution in [3.8, 4) is 0 Å². The van der Waals surface area contributed by atoms with Crippen LogP contribution in [0.2, 0.25) is 0 Å². The average molecular weight is 257 g/mol. The predicted molar refractivity (Wildman–Crippen MR) is 67.2 cm³/mol. The molecule has 1 aromatic rings. The van der Waals surface area contributed by atoms with Gasteiger partial charge >= 0.3 is 5.97 Å². The van der Waals surface area contributed by atoms with Crippen LogP contribution in [-0.4, -0.2) is 24.0 Å². The van der Waals surface area contributed by atoms with Crippen LogP contribution in [0.15, 0.2) is 24.3 Å². The predicted octanol–water partition coefficient (Wildman–Crippen LogP) is 1.95. The molecule has 0 aliphatic rings. The van der Waals surface area contributed by atoms with Gasteiger partial charge in [0.25, 0.3) is 0 Å². The molecule has 1 atom stereocenters. The number of hydrogen-bond donors (Lipinski definition) is 1. The summed E-state index contributed by atoms with van der Waals surface area (Å²) in [5.74, 6) is -0.0593. The third-order valence-electron chi connectivity index (χ3n) is 2.26. The van der Waals surface area contributed by atoms with Gasteiger partial charge in [-0.25, -0.2) is 4.39 Å². The molecule has 0 unspecified atom stereocenters. The van der Waals surface area contributed by atoms with Crippen LogP contribution in [0.1, 0.15) is 12.0 Å². The lowest BCUT2D eigenvalue weighted by Gasteiger charge is -2.11. The minimum absolute atomic E-state index is 0.0710. The fourth-order valence-corrected chi connectivity index (χ4v) is 1.72. The highest BCUT2D eigenvalue weighted by Crippen LogP contribution is 2.08. The molecule has 5 heteroatoms. The van der Waals surface area contributed by atoms with Crippen molar-refractivity contribution in [1.82, 2.24) is 0 Å². The third-order valence-corrected chi connectivity index (χ3v) is 2.91. The van der Waals surface area contributed by atoms with Crippen LogP contribution in [0, 0.1) is 5.82 Å². The number of rotatable bonds is 6. The lowest BCUT2D eigenvalue weighted by molar-refractivity contribution is -0.146. The zero-order valence-electron chi connectivity index (χ0n) is 9.69. The normalized spacial score (nSPS) is 12.2. The van der Waals surface area contributed by atoms with Crippen LogP contribution in [0.5, 0.6) is 0 Å². The molecule has 0 heterocycles. The third kappa shape index (κ3) is 4.75. The highest BCUT2D eigenvalue weighted by Gasteiger charge is 2.15. The fraction of sp³-hybridized carbons (Fsp3) is 0.417. The molecule has 0 saturated heterocycles. The van der Waals surface area contributed by atoms with Gasteiger partial charge < -0.3 is 10.5 Å². The van der Waals surface area contributed by atoms with E-state index in [-0.39, 0.29) is 12.4 Å². The van der Waals surface area contributed by atoms with E-state index < -0.39 is 12.0 Å². The summed E-state index contributed by atoms with van der Waals surface area (Å²) < 4.78 is 18.2. The fourth-order valence-electron chi connectivity index (χ4n) is 1.23. The van der Waals surface area contributed by atoms with Gasteiger partial charge in [-0.2, -0.15) is 11.8 Å². The van der Waals surface area contributed by atoms with Gasteiger partial charge in [0, 0.05) is 5.56 Å². The second kappa shape index (κ2) is 7.29. The first-order valence-corrected chi connectivity index (χ1v) is 6.69. The second-order valence-corrected chi connectivity index (χ2v) is 4.57. The Bertz CT molecular complexity index is 373. The number of esters is 1. The molecule has 1 aromatic carbocycles. The maximum absolute atomic E-state index is 13.2. The number of carbonyl (C=O) groups excluding carboxylic acids is 1. The van der Waals surface area contributed by atoms with Gasteiger partial charge in [0.1, 0.15) is 18.5 Å². The van der Waals surface area contributed by atoms with E-state index in [1.54, 1.807) is 30.0 Å². The summed E-state index contributed by atoms with van der Waals surface area (Å²) >= 11 is 1.62. The first-order valence-electron chi connectivity index (χ1n) is 5.29. The zero-order valence-corrected chi connectivity index (χ0v) is 10.5. The van der Waals surface area contributed by atoms with Crippen LogP contribution >= 0.6 is 11.8 Å². The molecule has 17 heavy (non-hydrogen) atoms. The lowest BCUT2D eigenvalue weighted by Crippen LogP contribution is -2.32. The topological polar surface area (TPSA) is 52.3 Å². The Kier molecular flexibility index (Phi) is 6.00. The Labute approximate surface area is 105 Å². The Morgan fingerprint density at radius 3 is 2.88 bits per heavy atom. The first kappa shape index (κ1) is 14.0. The van der Waals surface area contributed by atoms with E-state index in [4.69, 9.17) is 10.5 Å². The summed E-state index contributed by atoms with van der Waals surface area (Å²) in [7, 11) is 0. The Morgan fingerprint density at radius 2 is 2.24 bits per heavy atom. The van der Waals surface area contributed by atoms with E-state index in [0.717, 1.165) is 5.75 Å². The maximum Gasteiger partial charge on any atom is 0.323 e. The molecule has 0 aliphatic carbocycles. The molecule has 0 radical (unpaired) electrons. The van der Waals surface area contributed by atoms with Crippen LogP contribution in [-0.2, 0) is 16.1 Å². The average Bonchev–Trinajstić information content (AvgIpc) is 2.34. The molecule has 3 nitrogen and oxygen atoms in total. The van der Waals surface area contributed by atoms with Crippen LogP contribution in [0.25, 0.3) is 0 Å². The van der Waals surface area contributed by atoms with Crippen molar-refractivity contribution >= 4 is 17.7 Å². The molecular weight excluding hydrogens is 241 g/mol. The molecular formula is C12H16FNO2S.